The van der Waals surface area contributed by atoms with Crippen molar-refractivity contribution in [2.75, 3.05) is 12.4 Å². The number of carbonyl (C=O) groups is 1. The van der Waals surface area contributed by atoms with E-state index >= 15 is 0 Å². The van der Waals surface area contributed by atoms with E-state index in [2.05, 4.69) is 5.32 Å². The number of halogens is 2. The minimum absolute atomic E-state index is 0.403. The number of nitrogens with one attached hydrogen (secondary N) is 1. The molecule has 0 bridgehead atoms. The molecule has 6 heteroatoms. The molecule has 2 aromatic carbocycles. The van der Waals surface area contributed by atoms with Gasteiger partial charge in [0, 0.05) is 5.69 Å². The van der Waals surface area contributed by atoms with Crippen molar-refractivity contribution < 1.29 is 23.4 Å². The first kappa shape index (κ1) is 13.8. The van der Waals surface area contributed by atoms with Gasteiger partial charge in [0.1, 0.15) is 11.4 Å². The Morgan fingerprint density at radius 3 is 2.15 bits per heavy atom. The van der Waals surface area contributed by atoms with E-state index in [1.54, 1.807) is 24.3 Å². The summed E-state index contributed by atoms with van der Waals surface area (Å²) in [7, 11) is 1.51. The third-order valence-corrected chi connectivity index (χ3v) is 2.65. The molecule has 20 heavy (non-hydrogen) atoms. The molecule has 0 unspecified atom stereocenters. The number of methoxy groups -OCH3 is 1. The Kier molecular flexibility index (Phi) is 3.84. The zero-order valence-corrected chi connectivity index (χ0v) is 10.5. The van der Waals surface area contributed by atoms with Gasteiger partial charge in [-0.1, -0.05) is 0 Å². The van der Waals surface area contributed by atoms with E-state index in [1.165, 1.54) is 7.11 Å². The SMILES string of the molecule is COc1ccc(Nc2c(F)cc(C(=O)O)cc2F)cc1. The minimum Gasteiger partial charge on any atom is -0.497 e. The van der Waals surface area contributed by atoms with Crippen molar-refractivity contribution in [3.05, 3.63) is 53.6 Å². The van der Waals surface area contributed by atoms with Gasteiger partial charge in [-0.15, -0.1) is 0 Å². The van der Waals surface area contributed by atoms with Crippen LogP contribution in [0.25, 0.3) is 0 Å². The van der Waals surface area contributed by atoms with Crippen LogP contribution in [0.3, 0.4) is 0 Å². The molecule has 0 aliphatic heterocycles. The van der Waals surface area contributed by atoms with E-state index in [0.717, 1.165) is 12.1 Å². The minimum atomic E-state index is -1.39. The van der Waals surface area contributed by atoms with Crippen LogP contribution in [0.4, 0.5) is 20.2 Å². The van der Waals surface area contributed by atoms with Crippen molar-refractivity contribution in [2.24, 2.45) is 0 Å². The molecule has 2 rings (SSSR count). The van der Waals surface area contributed by atoms with Crippen molar-refractivity contribution in [2.45, 2.75) is 0 Å². The molecule has 0 saturated carbocycles. The van der Waals surface area contributed by atoms with E-state index in [4.69, 9.17) is 9.84 Å². The molecule has 104 valence electrons. The van der Waals surface area contributed by atoms with Gasteiger partial charge in [0.2, 0.25) is 0 Å². The van der Waals surface area contributed by atoms with E-state index in [9.17, 15) is 13.6 Å². The summed E-state index contributed by atoms with van der Waals surface area (Å²) in [5.41, 5.74) is -0.396. The third kappa shape index (κ3) is 2.85. The Morgan fingerprint density at radius 2 is 1.70 bits per heavy atom. The molecule has 2 N–H and O–H groups in total. The van der Waals surface area contributed by atoms with Crippen LogP contribution >= 0.6 is 0 Å². The molecular formula is C14H11F2NO3. The summed E-state index contributed by atoms with van der Waals surface area (Å²) in [4.78, 5) is 10.7. The van der Waals surface area contributed by atoms with Gasteiger partial charge in [-0.25, -0.2) is 13.6 Å². The maximum Gasteiger partial charge on any atom is 0.335 e. The van der Waals surface area contributed by atoms with Crippen LogP contribution in [0.1, 0.15) is 10.4 Å². The van der Waals surface area contributed by atoms with Crippen LogP contribution in [-0.2, 0) is 0 Å². The van der Waals surface area contributed by atoms with Crippen LogP contribution in [0.2, 0.25) is 0 Å². The smallest absolute Gasteiger partial charge is 0.335 e. The molecule has 0 spiro atoms. The fourth-order valence-corrected chi connectivity index (χ4v) is 1.63. The summed E-state index contributed by atoms with van der Waals surface area (Å²) in [6, 6.07) is 7.95. The summed E-state index contributed by atoms with van der Waals surface area (Å²) in [5, 5.41) is 11.3. The molecule has 0 aromatic heterocycles. The quantitative estimate of drug-likeness (QED) is 0.900. The lowest BCUT2D eigenvalue weighted by Crippen LogP contribution is -2.03. The highest BCUT2D eigenvalue weighted by Crippen LogP contribution is 2.26. The molecule has 0 aliphatic rings. The van der Waals surface area contributed by atoms with E-state index in [1.807, 2.05) is 0 Å². The summed E-state index contributed by atoms with van der Waals surface area (Å²) in [5.74, 6) is -2.73. The van der Waals surface area contributed by atoms with Crippen molar-refractivity contribution in [1.82, 2.24) is 0 Å². The third-order valence-electron chi connectivity index (χ3n) is 2.65. The van der Waals surface area contributed by atoms with Crippen molar-refractivity contribution in [3.8, 4) is 5.75 Å². The average Bonchev–Trinajstić information content (AvgIpc) is 2.43. The maximum absolute atomic E-state index is 13.7. The average molecular weight is 279 g/mol. The first-order chi connectivity index (χ1) is 9.51. The Bertz CT molecular complexity index is 618. The Morgan fingerprint density at radius 1 is 1.15 bits per heavy atom. The zero-order chi connectivity index (χ0) is 14.7. The number of carboxylic acid groups (broad SMARTS) is 1. The van der Waals surface area contributed by atoms with Crippen LogP contribution in [0, 0.1) is 11.6 Å². The highest BCUT2D eigenvalue weighted by molar-refractivity contribution is 5.88. The number of anilines is 2. The Balaban J connectivity index is 2.30. The largest absolute Gasteiger partial charge is 0.497 e. The molecule has 0 saturated heterocycles. The van der Waals surface area contributed by atoms with Gasteiger partial charge in [0.15, 0.2) is 11.6 Å². The fraction of sp³-hybridized carbons (Fsp3) is 0.0714. The number of ether oxygens (including phenoxy) is 1. The standard InChI is InChI=1S/C14H11F2NO3/c1-20-10-4-2-9(3-5-10)17-13-11(15)6-8(14(18)19)7-12(13)16/h2-7,17H,1H3,(H,18,19). The molecule has 0 amide bonds. The predicted octanol–water partition coefficient (Wildman–Crippen LogP) is 3.42. The van der Waals surface area contributed by atoms with Crippen LogP contribution in [-0.4, -0.2) is 18.2 Å². The van der Waals surface area contributed by atoms with Gasteiger partial charge in [-0.05, 0) is 36.4 Å². The summed E-state index contributed by atoms with van der Waals surface area (Å²) in [6.45, 7) is 0. The second-order valence-corrected chi connectivity index (χ2v) is 3.97. The number of aromatic carboxylic acids is 1. The molecule has 0 heterocycles. The first-order valence-corrected chi connectivity index (χ1v) is 5.64. The van der Waals surface area contributed by atoms with Crippen LogP contribution < -0.4 is 10.1 Å². The van der Waals surface area contributed by atoms with Gasteiger partial charge in [0.05, 0.1) is 12.7 Å². The first-order valence-electron chi connectivity index (χ1n) is 5.64. The van der Waals surface area contributed by atoms with Crippen molar-refractivity contribution in [3.63, 3.8) is 0 Å². The topological polar surface area (TPSA) is 58.6 Å². The normalized spacial score (nSPS) is 10.2. The number of hydrogen-bond acceptors (Lipinski definition) is 3. The lowest BCUT2D eigenvalue weighted by molar-refractivity contribution is 0.0696. The van der Waals surface area contributed by atoms with Crippen molar-refractivity contribution in [1.29, 1.82) is 0 Å². The monoisotopic (exact) mass is 279 g/mol. The molecule has 0 fully saturated rings. The van der Waals surface area contributed by atoms with E-state index in [-0.39, 0.29) is 0 Å². The van der Waals surface area contributed by atoms with Gasteiger partial charge in [-0.2, -0.15) is 0 Å². The maximum atomic E-state index is 13.7. The summed E-state index contributed by atoms with van der Waals surface area (Å²) >= 11 is 0. The number of carboxylic acids is 1. The van der Waals surface area contributed by atoms with Crippen LogP contribution in [0.15, 0.2) is 36.4 Å². The number of hydrogen-bond donors (Lipinski definition) is 2. The van der Waals surface area contributed by atoms with Gasteiger partial charge in [0.25, 0.3) is 0 Å². The highest BCUT2D eigenvalue weighted by atomic mass is 19.1. The van der Waals surface area contributed by atoms with Gasteiger partial charge in [-0.3, -0.25) is 0 Å². The van der Waals surface area contributed by atoms with Gasteiger partial charge >= 0.3 is 5.97 Å². The van der Waals surface area contributed by atoms with Gasteiger partial charge < -0.3 is 15.2 Å². The number of rotatable bonds is 4. The molecule has 2 aromatic rings. The highest BCUT2D eigenvalue weighted by Gasteiger charge is 2.14. The molecular weight excluding hydrogens is 268 g/mol. The lowest BCUT2D eigenvalue weighted by atomic mass is 10.1. The number of benzene rings is 2. The fourth-order valence-electron chi connectivity index (χ4n) is 1.63. The lowest BCUT2D eigenvalue weighted by Gasteiger charge is -2.10. The summed E-state index contributed by atoms with van der Waals surface area (Å²) in [6.07, 6.45) is 0. The van der Waals surface area contributed by atoms with E-state index < -0.39 is 28.9 Å². The Hall–Kier alpha value is -2.63. The van der Waals surface area contributed by atoms with Crippen LogP contribution in [0.5, 0.6) is 5.75 Å². The second-order valence-electron chi connectivity index (χ2n) is 3.97. The summed E-state index contributed by atoms with van der Waals surface area (Å²) < 4.78 is 32.4. The van der Waals surface area contributed by atoms with Crippen molar-refractivity contribution >= 4 is 17.3 Å². The predicted molar refractivity (Wildman–Crippen MR) is 69.6 cm³/mol. The molecule has 4 nitrogen and oxygen atoms in total. The zero-order valence-electron chi connectivity index (χ0n) is 10.5. The Labute approximate surface area is 113 Å². The van der Waals surface area contributed by atoms with E-state index in [0.29, 0.717) is 11.4 Å². The second kappa shape index (κ2) is 5.56. The molecule has 0 atom stereocenters. The molecule has 0 aliphatic carbocycles. The molecule has 0 radical (unpaired) electrons.